The van der Waals surface area contributed by atoms with Crippen molar-refractivity contribution in [1.82, 2.24) is 0 Å². The van der Waals surface area contributed by atoms with Gasteiger partial charge in [-0.15, -0.1) is 0 Å². The first-order valence-corrected chi connectivity index (χ1v) is 11.7. The van der Waals surface area contributed by atoms with E-state index in [4.69, 9.17) is 37.4 Å². The maximum absolute atomic E-state index is 13.5. The molecule has 0 N–H and O–H groups in total. The molecule has 0 bridgehead atoms. The van der Waals surface area contributed by atoms with Gasteiger partial charge in [0.15, 0.2) is 17.2 Å². The molecule has 34 heavy (non-hydrogen) atoms. The minimum atomic E-state index is -0.631. The normalized spacial score (nSPS) is 14.2. The molecule has 1 aliphatic heterocycles. The molecule has 1 aliphatic rings. The SMILES string of the molecule is CCOc1cc(/C=C2\N=C(c3cccc(F)c3)OC2=O)cc(Br)c1OCc1ccc(Cl)c(Cl)c1. The summed E-state index contributed by atoms with van der Waals surface area (Å²) >= 11 is 15.6. The number of ether oxygens (including phenoxy) is 3. The monoisotopic (exact) mass is 563 g/mol. The molecule has 0 spiro atoms. The third kappa shape index (κ3) is 5.60. The van der Waals surface area contributed by atoms with Crippen molar-refractivity contribution in [1.29, 1.82) is 0 Å². The van der Waals surface area contributed by atoms with E-state index in [2.05, 4.69) is 20.9 Å². The summed E-state index contributed by atoms with van der Waals surface area (Å²) in [6.45, 7) is 2.49. The Morgan fingerprint density at radius 1 is 1.09 bits per heavy atom. The fourth-order valence-electron chi connectivity index (χ4n) is 3.17. The predicted molar refractivity (Wildman–Crippen MR) is 133 cm³/mol. The molecule has 3 aromatic rings. The van der Waals surface area contributed by atoms with Crippen molar-refractivity contribution in [2.45, 2.75) is 13.5 Å². The molecule has 0 fully saturated rings. The van der Waals surface area contributed by atoms with Gasteiger partial charge in [-0.2, -0.15) is 0 Å². The molecule has 174 valence electrons. The molecule has 0 atom stereocenters. The van der Waals surface area contributed by atoms with Gasteiger partial charge in [0.2, 0.25) is 5.90 Å². The summed E-state index contributed by atoms with van der Waals surface area (Å²) in [6.07, 6.45) is 1.56. The van der Waals surface area contributed by atoms with Crippen LogP contribution in [0.2, 0.25) is 10.0 Å². The van der Waals surface area contributed by atoms with Crippen LogP contribution in [-0.2, 0) is 16.1 Å². The number of cyclic esters (lactones) is 1. The molecule has 5 nitrogen and oxygen atoms in total. The Morgan fingerprint density at radius 3 is 2.65 bits per heavy atom. The van der Waals surface area contributed by atoms with Crippen LogP contribution in [0.3, 0.4) is 0 Å². The van der Waals surface area contributed by atoms with Crippen molar-refractivity contribution < 1.29 is 23.4 Å². The summed E-state index contributed by atoms with van der Waals surface area (Å²) in [5, 5.41) is 0.906. The van der Waals surface area contributed by atoms with Gasteiger partial charge in [0, 0.05) is 5.56 Å². The Hall–Kier alpha value is -2.87. The lowest BCUT2D eigenvalue weighted by Crippen LogP contribution is -2.05. The van der Waals surface area contributed by atoms with E-state index in [-0.39, 0.29) is 18.2 Å². The molecule has 0 unspecified atom stereocenters. The Morgan fingerprint density at radius 2 is 1.91 bits per heavy atom. The highest BCUT2D eigenvalue weighted by molar-refractivity contribution is 9.10. The smallest absolute Gasteiger partial charge is 0.363 e. The molecule has 0 aliphatic carbocycles. The van der Waals surface area contributed by atoms with E-state index in [1.807, 2.05) is 13.0 Å². The Labute approximate surface area is 213 Å². The lowest BCUT2D eigenvalue weighted by molar-refractivity contribution is -0.129. The van der Waals surface area contributed by atoms with Gasteiger partial charge in [-0.3, -0.25) is 0 Å². The van der Waals surface area contributed by atoms with E-state index >= 15 is 0 Å². The average molecular weight is 565 g/mol. The zero-order chi connectivity index (χ0) is 24.2. The first-order chi connectivity index (χ1) is 16.3. The molecule has 3 aromatic carbocycles. The van der Waals surface area contributed by atoms with Crippen molar-refractivity contribution in [2.75, 3.05) is 6.61 Å². The quantitative estimate of drug-likeness (QED) is 0.224. The topological polar surface area (TPSA) is 57.1 Å². The van der Waals surface area contributed by atoms with Crippen LogP contribution in [0.25, 0.3) is 6.08 Å². The number of hydrogen-bond acceptors (Lipinski definition) is 5. The largest absolute Gasteiger partial charge is 0.490 e. The van der Waals surface area contributed by atoms with Crippen LogP contribution in [-0.4, -0.2) is 18.5 Å². The summed E-state index contributed by atoms with van der Waals surface area (Å²) in [6, 6.07) is 14.4. The Kier molecular flexibility index (Phi) is 7.56. The van der Waals surface area contributed by atoms with Crippen molar-refractivity contribution in [3.63, 3.8) is 0 Å². The van der Waals surface area contributed by atoms with Crippen LogP contribution < -0.4 is 9.47 Å². The zero-order valence-electron chi connectivity index (χ0n) is 17.8. The lowest BCUT2D eigenvalue weighted by atomic mass is 10.1. The van der Waals surface area contributed by atoms with Crippen LogP contribution in [0.4, 0.5) is 4.39 Å². The number of nitrogens with zero attached hydrogens (tertiary/aromatic N) is 1. The highest BCUT2D eigenvalue weighted by atomic mass is 79.9. The van der Waals surface area contributed by atoms with Crippen molar-refractivity contribution >= 4 is 57.1 Å². The van der Waals surface area contributed by atoms with Crippen molar-refractivity contribution in [3.8, 4) is 11.5 Å². The van der Waals surface area contributed by atoms with Crippen LogP contribution in [0, 0.1) is 5.82 Å². The number of benzene rings is 3. The van der Waals surface area contributed by atoms with Crippen LogP contribution in [0.1, 0.15) is 23.6 Å². The summed E-state index contributed by atoms with van der Waals surface area (Å²) in [4.78, 5) is 16.6. The molecular weight excluding hydrogens is 548 g/mol. The molecule has 0 saturated carbocycles. The number of halogens is 4. The number of hydrogen-bond donors (Lipinski definition) is 0. The van der Waals surface area contributed by atoms with E-state index in [0.717, 1.165) is 5.56 Å². The van der Waals surface area contributed by atoms with Crippen LogP contribution >= 0.6 is 39.1 Å². The third-order valence-electron chi connectivity index (χ3n) is 4.69. The second-order valence-electron chi connectivity index (χ2n) is 7.15. The average Bonchev–Trinajstić information content (AvgIpc) is 3.16. The van der Waals surface area contributed by atoms with E-state index in [1.54, 1.807) is 36.4 Å². The molecule has 0 amide bonds. The summed E-state index contributed by atoms with van der Waals surface area (Å²) in [5.41, 5.74) is 1.92. The van der Waals surface area contributed by atoms with Crippen molar-refractivity contribution in [2.24, 2.45) is 4.99 Å². The number of carbonyl (C=O) groups excluding carboxylic acids is 1. The van der Waals surface area contributed by atoms with Crippen LogP contribution in [0.5, 0.6) is 11.5 Å². The fourth-order valence-corrected chi connectivity index (χ4v) is 4.07. The Bertz CT molecular complexity index is 1330. The molecule has 0 saturated heterocycles. The number of carbonyl (C=O) groups is 1. The first-order valence-electron chi connectivity index (χ1n) is 10.2. The van der Waals surface area contributed by atoms with Gasteiger partial charge in [0.1, 0.15) is 12.4 Å². The minimum absolute atomic E-state index is 0.0430. The molecule has 4 rings (SSSR count). The summed E-state index contributed by atoms with van der Waals surface area (Å²) < 4.78 is 31.1. The third-order valence-corrected chi connectivity index (χ3v) is 6.02. The van der Waals surface area contributed by atoms with Gasteiger partial charge in [0.25, 0.3) is 0 Å². The summed E-state index contributed by atoms with van der Waals surface area (Å²) in [5.74, 6) is -0.0670. The molecule has 0 aromatic heterocycles. The van der Waals surface area contributed by atoms with E-state index in [0.29, 0.717) is 43.8 Å². The predicted octanol–water partition coefficient (Wildman–Crippen LogP) is 7.22. The lowest BCUT2D eigenvalue weighted by Gasteiger charge is -2.15. The number of rotatable bonds is 7. The zero-order valence-corrected chi connectivity index (χ0v) is 20.9. The second-order valence-corrected chi connectivity index (χ2v) is 8.82. The number of aliphatic imine (C=N–C) groups is 1. The van der Waals surface area contributed by atoms with E-state index in [1.165, 1.54) is 18.2 Å². The van der Waals surface area contributed by atoms with Gasteiger partial charge in [0.05, 0.1) is 21.1 Å². The first kappa shape index (κ1) is 24.3. The van der Waals surface area contributed by atoms with Gasteiger partial charge < -0.3 is 14.2 Å². The Balaban J connectivity index is 1.61. The molecule has 0 radical (unpaired) electrons. The van der Waals surface area contributed by atoms with Crippen molar-refractivity contribution in [3.05, 3.63) is 97.3 Å². The minimum Gasteiger partial charge on any atom is -0.490 e. The maximum atomic E-state index is 13.5. The summed E-state index contributed by atoms with van der Waals surface area (Å²) in [7, 11) is 0. The second kappa shape index (κ2) is 10.6. The highest BCUT2D eigenvalue weighted by Gasteiger charge is 2.25. The molecule has 9 heteroatoms. The van der Waals surface area contributed by atoms with Gasteiger partial charge >= 0.3 is 5.97 Å². The molecule has 1 heterocycles. The highest BCUT2D eigenvalue weighted by Crippen LogP contribution is 2.38. The van der Waals surface area contributed by atoms with Gasteiger partial charge in [-0.05, 0) is 82.5 Å². The standard InChI is InChI=1S/C25H17BrCl2FNO4/c1-2-32-22-11-15(8-18(26)23(22)33-13-14-6-7-19(27)20(28)9-14)10-21-25(31)34-24(30-21)16-4-3-5-17(29)12-16/h3-12H,2,13H2,1H3/b21-10-. The maximum Gasteiger partial charge on any atom is 0.363 e. The van der Waals surface area contributed by atoms with Gasteiger partial charge in [-0.25, -0.2) is 14.2 Å². The number of esters is 1. The van der Waals surface area contributed by atoms with Crippen LogP contribution in [0.15, 0.2) is 69.8 Å². The molecular formula is C25H17BrCl2FNO4. The van der Waals surface area contributed by atoms with E-state index < -0.39 is 11.8 Å². The van der Waals surface area contributed by atoms with E-state index in [9.17, 15) is 9.18 Å². The van der Waals surface area contributed by atoms with Gasteiger partial charge in [-0.1, -0.05) is 35.3 Å². The fraction of sp³-hybridized carbons (Fsp3) is 0.120.